The number of nitrogen functional groups attached to an aromatic ring is 2. The SMILES string of the molecule is Nc1nc2c(ncn2C2OC(COP(=O)(O)OP(=O)(O)OP(=O)(O)C(OP(=O)([O-])O)C3OC(n4cnc5c(=O)[nH]c(N)nc54)C(O)C3O)C(O)C2O)c(=O)[nH]1. The fraction of sp³-hybridized carbons (Fsp3) is 0.500. The highest BCUT2D eigenvalue weighted by molar-refractivity contribution is 7.68. The van der Waals surface area contributed by atoms with Gasteiger partial charge in [0.05, 0.1) is 19.3 Å². The molecule has 2 fully saturated rings. The van der Waals surface area contributed by atoms with Crippen molar-refractivity contribution < 1.29 is 90.3 Å². The summed E-state index contributed by atoms with van der Waals surface area (Å²) in [4.78, 5) is 95.7. The summed E-state index contributed by atoms with van der Waals surface area (Å²) >= 11 is 0. The van der Waals surface area contributed by atoms with Gasteiger partial charge >= 0.3 is 23.2 Å². The van der Waals surface area contributed by atoms with Gasteiger partial charge in [0.15, 0.2) is 40.6 Å². The number of aromatic nitrogens is 8. The van der Waals surface area contributed by atoms with Crippen LogP contribution in [-0.4, -0.2) is 128 Å². The van der Waals surface area contributed by atoms with Crippen LogP contribution in [-0.2, 0) is 45.4 Å². The number of hydrogen-bond donors (Lipinski definition) is 12. The third-order valence-electron chi connectivity index (χ3n) is 7.73. The molecule has 6 rings (SSSR count). The van der Waals surface area contributed by atoms with E-state index in [2.05, 4.69) is 47.6 Å². The lowest BCUT2D eigenvalue weighted by atomic mass is 10.1. The maximum Gasteiger partial charge on any atom is 0.488 e. The van der Waals surface area contributed by atoms with Crippen molar-refractivity contribution in [3.63, 3.8) is 0 Å². The zero-order chi connectivity index (χ0) is 40.6. The van der Waals surface area contributed by atoms with Gasteiger partial charge in [0.25, 0.3) is 18.9 Å². The van der Waals surface area contributed by atoms with Crippen LogP contribution >= 0.6 is 31.1 Å². The fourth-order valence-corrected chi connectivity index (χ4v) is 10.8. The molecule has 0 aromatic carbocycles. The van der Waals surface area contributed by atoms with E-state index in [9.17, 15) is 72.7 Å². The molecule has 0 saturated carbocycles. The van der Waals surface area contributed by atoms with Gasteiger partial charge in [-0.15, -0.1) is 0 Å². The zero-order valence-corrected chi connectivity index (χ0v) is 30.1. The molecule has 13 atom stereocenters. The van der Waals surface area contributed by atoms with Gasteiger partial charge in [-0.2, -0.15) is 14.3 Å². The molecular weight excluding hydrogens is 840 g/mol. The van der Waals surface area contributed by atoms with E-state index in [4.69, 9.17) is 20.9 Å². The Bertz CT molecular complexity index is 2430. The normalized spacial score (nSPS) is 30.9. The molecule has 4 aromatic rings. The van der Waals surface area contributed by atoms with E-state index >= 15 is 0 Å². The summed E-state index contributed by atoms with van der Waals surface area (Å²) in [7, 11) is -24.9. The second-order valence-corrected chi connectivity index (χ2v) is 17.7. The highest BCUT2D eigenvalue weighted by atomic mass is 31.3. The van der Waals surface area contributed by atoms with Gasteiger partial charge in [0.2, 0.25) is 11.9 Å². The largest absolute Gasteiger partial charge is 0.756 e. The number of aromatic amines is 2. The van der Waals surface area contributed by atoms with E-state index in [1.165, 1.54) is 0 Å². The standard InChI is InChI=1S/C20H28N10O21P4/c21-19-25-12-5(14(35)27-19)23-2-29(12)16-9(33)7(31)4(47-16)1-46-54(42,43)51-55(44,45)50-52(37,38)18(49-53(39,40)41)11-8(32)10(34)17(48-11)30-3-24-6-13(30)26-20(22)28-15(6)36/h2-4,7-11,16-18,31-34H,1H2,(H,37,38)(H,42,43)(H,44,45)(H2,39,40,41)(H3,21,25,27,35)(H3,22,26,28,36)/p-1. The Balaban J connectivity index is 1.16. The molecule has 0 bridgehead atoms. The van der Waals surface area contributed by atoms with Gasteiger partial charge < -0.3 is 65.8 Å². The quantitative estimate of drug-likeness (QED) is 0.0559. The van der Waals surface area contributed by atoms with E-state index in [0.29, 0.717) is 0 Å². The van der Waals surface area contributed by atoms with Gasteiger partial charge in [0.1, 0.15) is 36.6 Å². The summed E-state index contributed by atoms with van der Waals surface area (Å²) < 4.78 is 79.6. The lowest BCUT2D eigenvalue weighted by Crippen LogP contribution is -2.40. The second kappa shape index (κ2) is 14.5. The van der Waals surface area contributed by atoms with Crippen molar-refractivity contribution in [2.24, 2.45) is 0 Å². The molecule has 13 unspecified atom stereocenters. The first kappa shape index (κ1) is 41.3. The first-order valence-corrected chi connectivity index (χ1v) is 20.8. The summed E-state index contributed by atoms with van der Waals surface area (Å²) in [6.45, 7) is -1.23. The highest BCUT2D eigenvalue weighted by Gasteiger charge is 2.57. The van der Waals surface area contributed by atoms with Crippen LogP contribution in [0.5, 0.6) is 0 Å². The molecule has 55 heavy (non-hydrogen) atoms. The van der Waals surface area contributed by atoms with Gasteiger partial charge in [-0.25, -0.2) is 23.4 Å². The van der Waals surface area contributed by atoms with Crippen LogP contribution in [0.4, 0.5) is 11.9 Å². The minimum absolute atomic E-state index is 0.214. The molecule has 6 heterocycles. The smallest absolute Gasteiger partial charge is 0.488 e. The van der Waals surface area contributed by atoms with Crippen molar-refractivity contribution in [3.8, 4) is 0 Å². The number of phosphoric acid groups is 3. The number of hydrogen-bond acceptors (Lipinski definition) is 23. The van der Waals surface area contributed by atoms with Crippen molar-refractivity contribution in [2.45, 2.75) is 54.9 Å². The van der Waals surface area contributed by atoms with Crippen molar-refractivity contribution in [2.75, 3.05) is 18.1 Å². The average Bonchev–Trinajstić information content (AvgIpc) is 3.79. The molecule has 0 amide bonds. The van der Waals surface area contributed by atoms with Crippen LogP contribution in [0.15, 0.2) is 22.2 Å². The molecule has 35 heteroatoms. The van der Waals surface area contributed by atoms with Crippen molar-refractivity contribution in [3.05, 3.63) is 33.4 Å². The van der Waals surface area contributed by atoms with E-state index in [1.807, 2.05) is 0 Å². The molecule has 0 aliphatic carbocycles. The topological polar surface area (TPSA) is 488 Å². The number of ether oxygens (including phenoxy) is 2. The maximum atomic E-state index is 13.3. The van der Waals surface area contributed by atoms with Crippen molar-refractivity contribution >= 4 is 65.3 Å². The first-order chi connectivity index (χ1) is 25.4. The Morgan fingerprint density at radius 1 is 0.782 bits per heavy atom. The number of rotatable bonds is 13. The summed E-state index contributed by atoms with van der Waals surface area (Å²) in [6.07, 6.45) is -14.5. The first-order valence-electron chi connectivity index (χ1n) is 14.6. The average molecular weight is 867 g/mol. The number of nitrogens with two attached hydrogens (primary N) is 2. The Kier molecular flexibility index (Phi) is 10.9. The third kappa shape index (κ3) is 8.36. The Labute approximate surface area is 301 Å². The number of anilines is 2. The zero-order valence-electron chi connectivity index (χ0n) is 26.6. The molecular formula is C20H27N10O21P4-. The number of nitrogens with one attached hydrogen (secondary N) is 2. The number of fused-ring (bicyclic) bond motifs is 2. The van der Waals surface area contributed by atoms with Crippen molar-refractivity contribution in [1.29, 1.82) is 0 Å². The predicted molar refractivity (Wildman–Crippen MR) is 169 cm³/mol. The maximum absolute atomic E-state index is 13.3. The molecule has 0 spiro atoms. The minimum Gasteiger partial charge on any atom is -0.756 e. The minimum atomic E-state index is -6.41. The van der Waals surface area contributed by atoms with Crippen LogP contribution in [0, 0.1) is 0 Å². The Morgan fingerprint density at radius 2 is 1.27 bits per heavy atom. The Morgan fingerprint density at radius 3 is 1.78 bits per heavy atom. The monoisotopic (exact) mass is 867 g/mol. The molecule has 0 radical (unpaired) electrons. The highest BCUT2D eigenvalue weighted by Crippen LogP contribution is 2.70. The molecule has 4 aromatic heterocycles. The number of H-pyrrole nitrogens is 2. The second-order valence-electron chi connectivity index (χ2n) is 11.5. The van der Waals surface area contributed by atoms with Crippen LogP contribution < -0.4 is 27.5 Å². The molecule has 304 valence electrons. The predicted octanol–water partition coefficient (Wildman–Crippen LogP) is -5.10. The molecule has 2 saturated heterocycles. The lowest BCUT2D eigenvalue weighted by molar-refractivity contribution is -0.226. The number of nitrogens with zero attached hydrogens (tertiary/aromatic N) is 6. The summed E-state index contributed by atoms with van der Waals surface area (Å²) in [5, 5.41) is 42.4. The van der Waals surface area contributed by atoms with E-state index in [-0.39, 0.29) is 17.1 Å². The molecule has 2 aliphatic rings. The molecule has 31 nitrogen and oxygen atoms in total. The number of aliphatic hydroxyl groups excluding tert-OH is 4. The van der Waals surface area contributed by atoms with Gasteiger partial charge in [-0.3, -0.25) is 46.9 Å². The van der Waals surface area contributed by atoms with E-state index in [1.54, 1.807) is 0 Å². The van der Waals surface area contributed by atoms with Gasteiger partial charge in [-0.1, -0.05) is 0 Å². The number of aliphatic hydroxyl groups is 4. The summed E-state index contributed by atoms with van der Waals surface area (Å²) in [6, 6.07) is 0. The van der Waals surface area contributed by atoms with Crippen molar-refractivity contribution in [1.82, 2.24) is 39.0 Å². The summed E-state index contributed by atoms with van der Waals surface area (Å²) in [5.41, 5.74) is 8.14. The van der Waals surface area contributed by atoms with E-state index < -0.39 is 121 Å². The Hall–Kier alpha value is -3.38. The third-order valence-corrected chi connectivity index (χ3v) is 13.3. The van der Waals surface area contributed by atoms with Gasteiger partial charge in [-0.05, 0) is 0 Å². The van der Waals surface area contributed by atoms with Crippen LogP contribution in [0.3, 0.4) is 0 Å². The van der Waals surface area contributed by atoms with Crippen LogP contribution in [0.25, 0.3) is 22.3 Å². The summed E-state index contributed by atoms with van der Waals surface area (Å²) in [5.74, 6) is -4.08. The lowest BCUT2D eigenvalue weighted by Gasteiger charge is -2.32. The number of imidazole rings is 2. The molecule has 2 aliphatic heterocycles. The fourth-order valence-electron chi connectivity index (χ4n) is 5.48. The van der Waals surface area contributed by atoms with Gasteiger partial charge in [0, 0.05) is 0 Å². The number of phosphoric ester groups is 2. The van der Waals surface area contributed by atoms with Crippen LogP contribution in [0.1, 0.15) is 12.5 Å². The van der Waals surface area contributed by atoms with Crippen LogP contribution in [0.2, 0.25) is 0 Å². The van der Waals surface area contributed by atoms with E-state index in [0.717, 1.165) is 21.8 Å². The molecule has 14 N–H and O–H groups in total.